The summed E-state index contributed by atoms with van der Waals surface area (Å²) in [5, 5.41) is 0. The Hall–Kier alpha value is -2.53. The van der Waals surface area contributed by atoms with Crippen LogP contribution in [0.4, 0.5) is 0 Å². The molecule has 0 aromatic heterocycles. The molecule has 2 aromatic rings. The highest BCUT2D eigenvalue weighted by Gasteiger charge is 2.21. The van der Waals surface area contributed by atoms with Gasteiger partial charge in [-0.05, 0) is 31.2 Å². The second kappa shape index (κ2) is 9.25. The van der Waals surface area contributed by atoms with Gasteiger partial charge in [0.1, 0.15) is 18.1 Å². The first-order valence-corrected chi connectivity index (χ1v) is 9.08. The number of hydrogen-bond acceptors (Lipinski definition) is 4. The summed E-state index contributed by atoms with van der Waals surface area (Å²) in [5.41, 5.74) is 1.18. The van der Waals surface area contributed by atoms with E-state index in [0.717, 1.165) is 44.2 Å². The van der Waals surface area contributed by atoms with E-state index >= 15 is 0 Å². The average Bonchev–Trinajstić information content (AvgIpc) is 2.69. The third-order valence-electron chi connectivity index (χ3n) is 4.53. The van der Waals surface area contributed by atoms with Crippen LogP contribution in [0.1, 0.15) is 5.56 Å². The summed E-state index contributed by atoms with van der Waals surface area (Å²) in [6.07, 6.45) is 0. The van der Waals surface area contributed by atoms with Crippen molar-refractivity contribution >= 4 is 5.91 Å². The lowest BCUT2D eigenvalue weighted by Gasteiger charge is -2.34. The minimum absolute atomic E-state index is 0.0470. The van der Waals surface area contributed by atoms with Crippen molar-refractivity contribution in [1.29, 1.82) is 0 Å². The van der Waals surface area contributed by atoms with Crippen molar-refractivity contribution in [3.8, 4) is 11.5 Å². The fourth-order valence-electron chi connectivity index (χ4n) is 2.90. The van der Waals surface area contributed by atoms with Gasteiger partial charge in [-0.2, -0.15) is 0 Å². The topological polar surface area (TPSA) is 42.0 Å². The number of carbonyl (C=O) groups is 1. The van der Waals surface area contributed by atoms with E-state index in [9.17, 15) is 4.79 Å². The van der Waals surface area contributed by atoms with Crippen LogP contribution in [0, 0.1) is 6.92 Å². The molecule has 3 rings (SSSR count). The van der Waals surface area contributed by atoms with Crippen LogP contribution in [-0.2, 0) is 4.79 Å². The zero-order valence-corrected chi connectivity index (χ0v) is 15.3. The molecule has 1 heterocycles. The van der Waals surface area contributed by atoms with Gasteiger partial charge in [-0.25, -0.2) is 0 Å². The van der Waals surface area contributed by atoms with Crippen LogP contribution < -0.4 is 9.47 Å². The van der Waals surface area contributed by atoms with Gasteiger partial charge < -0.3 is 14.4 Å². The summed E-state index contributed by atoms with van der Waals surface area (Å²) in [4.78, 5) is 16.5. The van der Waals surface area contributed by atoms with Gasteiger partial charge in [0.25, 0.3) is 5.91 Å². The second-order valence-corrected chi connectivity index (χ2v) is 6.49. The monoisotopic (exact) mass is 354 g/mol. The van der Waals surface area contributed by atoms with E-state index in [2.05, 4.69) is 4.90 Å². The van der Waals surface area contributed by atoms with E-state index in [1.807, 2.05) is 66.4 Å². The Bertz CT molecular complexity index is 680. The largest absolute Gasteiger partial charge is 0.492 e. The average molecular weight is 354 g/mol. The standard InChI is InChI=1S/C21H26N2O3/c1-18-7-9-20(10-8-18)26-17-21(24)23-13-11-22(12-14-23)15-16-25-19-5-3-2-4-6-19/h2-10H,11-17H2,1H3. The van der Waals surface area contributed by atoms with Crippen LogP contribution in [-0.4, -0.2) is 61.6 Å². The normalized spacial score (nSPS) is 14.9. The second-order valence-electron chi connectivity index (χ2n) is 6.49. The van der Waals surface area contributed by atoms with Crippen LogP contribution in [0.25, 0.3) is 0 Å². The summed E-state index contributed by atoms with van der Waals surface area (Å²) in [6.45, 7) is 6.87. The van der Waals surface area contributed by atoms with Gasteiger partial charge in [-0.15, -0.1) is 0 Å². The fraction of sp³-hybridized carbons (Fsp3) is 0.381. The Morgan fingerprint density at radius 3 is 2.23 bits per heavy atom. The van der Waals surface area contributed by atoms with Crippen molar-refractivity contribution in [1.82, 2.24) is 9.80 Å². The minimum atomic E-state index is 0.0470. The maximum absolute atomic E-state index is 12.3. The molecular formula is C21H26N2O3. The van der Waals surface area contributed by atoms with Crippen molar-refractivity contribution in [2.75, 3.05) is 45.9 Å². The smallest absolute Gasteiger partial charge is 0.260 e. The van der Waals surface area contributed by atoms with Crippen LogP contribution in [0.5, 0.6) is 11.5 Å². The van der Waals surface area contributed by atoms with Gasteiger partial charge in [-0.1, -0.05) is 35.9 Å². The highest BCUT2D eigenvalue weighted by atomic mass is 16.5. The van der Waals surface area contributed by atoms with Gasteiger partial charge >= 0.3 is 0 Å². The van der Waals surface area contributed by atoms with Crippen LogP contribution >= 0.6 is 0 Å². The van der Waals surface area contributed by atoms with Crippen molar-refractivity contribution in [2.24, 2.45) is 0 Å². The molecule has 1 aliphatic heterocycles. The molecule has 1 amide bonds. The Morgan fingerprint density at radius 2 is 1.54 bits per heavy atom. The molecule has 5 heteroatoms. The molecule has 1 saturated heterocycles. The van der Waals surface area contributed by atoms with Gasteiger partial charge in [0.15, 0.2) is 6.61 Å². The third kappa shape index (κ3) is 5.49. The quantitative estimate of drug-likeness (QED) is 0.766. The summed E-state index contributed by atoms with van der Waals surface area (Å²) >= 11 is 0. The molecule has 0 saturated carbocycles. The van der Waals surface area contributed by atoms with Crippen molar-refractivity contribution < 1.29 is 14.3 Å². The van der Waals surface area contributed by atoms with Crippen LogP contribution in [0.3, 0.4) is 0 Å². The molecule has 0 bridgehead atoms. The molecule has 1 aliphatic rings. The third-order valence-corrected chi connectivity index (χ3v) is 4.53. The van der Waals surface area contributed by atoms with Crippen LogP contribution in [0.2, 0.25) is 0 Å². The lowest BCUT2D eigenvalue weighted by atomic mass is 10.2. The van der Waals surface area contributed by atoms with Gasteiger partial charge in [-0.3, -0.25) is 9.69 Å². The Morgan fingerprint density at radius 1 is 0.885 bits per heavy atom. The van der Waals surface area contributed by atoms with E-state index in [4.69, 9.17) is 9.47 Å². The number of carbonyl (C=O) groups excluding carboxylic acids is 1. The van der Waals surface area contributed by atoms with Crippen molar-refractivity contribution in [3.63, 3.8) is 0 Å². The lowest BCUT2D eigenvalue weighted by Crippen LogP contribution is -2.50. The van der Waals surface area contributed by atoms with Crippen molar-refractivity contribution in [3.05, 3.63) is 60.2 Å². The molecule has 2 aromatic carbocycles. The highest BCUT2D eigenvalue weighted by molar-refractivity contribution is 5.77. The lowest BCUT2D eigenvalue weighted by molar-refractivity contribution is -0.135. The van der Waals surface area contributed by atoms with Crippen LogP contribution in [0.15, 0.2) is 54.6 Å². The number of amides is 1. The fourth-order valence-corrected chi connectivity index (χ4v) is 2.90. The molecule has 0 spiro atoms. The molecule has 0 atom stereocenters. The summed E-state index contributed by atoms with van der Waals surface area (Å²) < 4.78 is 11.3. The number of hydrogen-bond donors (Lipinski definition) is 0. The molecule has 0 N–H and O–H groups in total. The predicted molar refractivity (Wildman–Crippen MR) is 102 cm³/mol. The van der Waals surface area contributed by atoms with E-state index in [-0.39, 0.29) is 12.5 Å². The number of rotatable bonds is 7. The Balaban J connectivity index is 1.33. The maximum Gasteiger partial charge on any atom is 0.260 e. The van der Waals surface area contributed by atoms with E-state index in [0.29, 0.717) is 6.61 Å². The molecule has 138 valence electrons. The molecule has 0 aliphatic carbocycles. The van der Waals surface area contributed by atoms with Crippen molar-refractivity contribution in [2.45, 2.75) is 6.92 Å². The molecule has 0 radical (unpaired) electrons. The summed E-state index contributed by atoms with van der Waals surface area (Å²) in [5.74, 6) is 1.68. The summed E-state index contributed by atoms with van der Waals surface area (Å²) in [7, 11) is 0. The van der Waals surface area contributed by atoms with Gasteiger partial charge in [0.2, 0.25) is 0 Å². The first-order chi connectivity index (χ1) is 12.7. The van der Waals surface area contributed by atoms with Gasteiger partial charge in [0.05, 0.1) is 0 Å². The number of piperazine rings is 1. The van der Waals surface area contributed by atoms with E-state index < -0.39 is 0 Å². The molecule has 1 fully saturated rings. The minimum Gasteiger partial charge on any atom is -0.492 e. The first-order valence-electron chi connectivity index (χ1n) is 9.08. The highest BCUT2D eigenvalue weighted by Crippen LogP contribution is 2.12. The first kappa shape index (κ1) is 18.3. The van der Waals surface area contributed by atoms with E-state index in [1.54, 1.807) is 0 Å². The van der Waals surface area contributed by atoms with E-state index in [1.165, 1.54) is 5.56 Å². The zero-order valence-electron chi connectivity index (χ0n) is 15.3. The SMILES string of the molecule is Cc1ccc(OCC(=O)N2CCN(CCOc3ccccc3)CC2)cc1. The number of para-hydroxylation sites is 1. The number of aryl methyl sites for hydroxylation is 1. The number of benzene rings is 2. The predicted octanol–water partition coefficient (Wildman–Crippen LogP) is 2.60. The maximum atomic E-state index is 12.3. The zero-order chi connectivity index (χ0) is 18.2. The Kier molecular flexibility index (Phi) is 6.50. The Labute approximate surface area is 155 Å². The number of ether oxygens (including phenoxy) is 2. The molecular weight excluding hydrogens is 328 g/mol. The number of nitrogens with zero attached hydrogens (tertiary/aromatic N) is 2. The summed E-state index contributed by atoms with van der Waals surface area (Å²) in [6, 6.07) is 17.6. The molecule has 5 nitrogen and oxygen atoms in total. The molecule has 0 unspecified atom stereocenters. The van der Waals surface area contributed by atoms with Gasteiger partial charge in [0, 0.05) is 32.7 Å². The molecule has 26 heavy (non-hydrogen) atoms.